The van der Waals surface area contributed by atoms with E-state index < -0.39 is 5.82 Å². The number of hydrogen-bond acceptors (Lipinski definition) is 3. The minimum atomic E-state index is -0.415. The molecule has 1 spiro atoms. The largest absolute Gasteiger partial charge is 0.447 e. The standard InChI is InChI=1S/C16H29NO2.C11H12FNO/c1-4-5-6-14-11-16(12-14)7-9-17(10-8-16)15(18)19-13(2)3;1-8-3-4-9(10(12)7-8)11(14)13-5-2-6-13/h13-14H,4-12H2,1-3H3;3-4,7H,2,5-6H2,1H3. The summed E-state index contributed by atoms with van der Waals surface area (Å²) in [5.74, 6) is 0.366. The van der Waals surface area contributed by atoms with Gasteiger partial charge in [-0.3, -0.25) is 4.79 Å². The number of carbonyl (C=O) groups is 2. The third-order valence-electron chi connectivity index (χ3n) is 7.33. The van der Waals surface area contributed by atoms with Crippen LogP contribution in [0.4, 0.5) is 9.18 Å². The second-order valence-electron chi connectivity index (χ2n) is 10.5. The molecule has 0 atom stereocenters. The highest BCUT2D eigenvalue weighted by Crippen LogP contribution is 2.54. The zero-order valence-corrected chi connectivity index (χ0v) is 20.9. The molecule has 1 aliphatic carbocycles. The third-order valence-corrected chi connectivity index (χ3v) is 7.33. The first-order valence-corrected chi connectivity index (χ1v) is 12.7. The van der Waals surface area contributed by atoms with E-state index in [9.17, 15) is 14.0 Å². The van der Waals surface area contributed by atoms with Gasteiger partial charge in [0.2, 0.25) is 0 Å². The van der Waals surface area contributed by atoms with Crippen LogP contribution in [-0.2, 0) is 4.74 Å². The lowest BCUT2D eigenvalue weighted by Gasteiger charge is -2.52. The highest BCUT2D eigenvalue weighted by atomic mass is 19.1. The van der Waals surface area contributed by atoms with Crippen LogP contribution in [0.1, 0.15) is 88.1 Å². The van der Waals surface area contributed by atoms with Crippen LogP contribution < -0.4 is 0 Å². The number of rotatable bonds is 5. The smallest absolute Gasteiger partial charge is 0.410 e. The molecule has 6 heteroatoms. The van der Waals surface area contributed by atoms with Crippen LogP contribution in [0.5, 0.6) is 0 Å². The number of halogens is 1. The van der Waals surface area contributed by atoms with E-state index in [0.29, 0.717) is 5.41 Å². The summed E-state index contributed by atoms with van der Waals surface area (Å²) >= 11 is 0. The Balaban J connectivity index is 0.000000194. The van der Waals surface area contributed by atoms with Crippen LogP contribution in [0.3, 0.4) is 0 Å². The van der Waals surface area contributed by atoms with Gasteiger partial charge in [0.15, 0.2) is 0 Å². The van der Waals surface area contributed by atoms with Gasteiger partial charge in [-0.15, -0.1) is 0 Å². The fourth-order valence-corrected chi connectivity index (χ4v) is 5.19. The second kappa shape index (κ2) is 11.3. The topological polar surface area (TPSA) is 49.9 Å². The lowest BCUT2D eigenvalue weighted by molar-refractivity contribution is -0.0195. The molecule has 1 aromatic rings. The van der Waals surface area contributed by atoms with E-state index in [-0.39, 0.29) is 23.7 Å². The molecular formula is C27H41FN2O3. The SMILES string of the molecule is CCCCC1CC2(CCN(C(=O)OC(C)C)CC2)C1.Cc1ccc(C(=O)N2CCC2)c(F)c1. The van der Waals surface area contributed by atoms with E-state index >= 15 is 0 Å². The first kappa shape index (κ1) is 25.5. The first-order valence-electron chi connectivity index (χ1n) is 12.7. The van der Waals surface area contributed by atoms with Crippen molar-refractivity contribution >= 4 is 12.0 Å². The molecule has 2 saturated heterocycles. The number of nitrogens with zero attached hydrogens (tertiary/aromatic N) is 2. The Morgan fingerprint density at radius 3 is 2.30 bits per heavy atom. The Kier molecular flexibility index (Phi) is 8.77. The van der Waals surface area contributed by atoms with Gasteiger partial charge in [0.25, 0.3) is 5.91 Å². The van der Waals surface area contributed by atoms with Crippen molar-refractivity contribution < 1.29 is 18.7 Å². The van der Waals surface area contributed by atoms with E-state index in [1.807, 2.05) is 18.7 Å². The van der Waals surface area contributed by atoms with E-state index in [4.69, 9.17) is 4.74 Å². The minimum absolute atomic E-state index is 0.00878. The summed E-state index contributed by atoms with van der Waals surface area (Å²) in [5, 5.41) is 0. The Labute approximate surface area is 198 Å². The molecule has 2 aliphatic heterocycles. The average Bonchev–Trinajstić information content (AvgIpc) is 2.69. The maximum atomic E-state index is 13.4. The maximum Gasteiger partial charge on any atom is 0.410 e. The maximum absolute atomic E-state index is 13.4. The molecule has 4 rings (SSSR count). The predicted molar refractivity (Wildman–Crippen MR) is 129 cm³/mol. The van der Waals surface area contributed by atoms with Gasteiger partial charge in [-0.2, -0.15) is 0 Å². The van der Waals surface area contributed by atoms with Crippen molar-refractivity contribution in [3.63, 3.8) is 0 Å². The first-order chi connectivity index (χ1) is 15.7. The zero-order valence-electron chi connectivity index (χ0n) is 20.9. The number of piperidine rings is 1. The van der Waals surface area contributed by atoms with Crippen LogP contribution in [0.15, 0.2) is 18.2 Å². The predicted octanol–water partition coefficient (Wildman–Crippen LogP) is 6.19. The molecule has 0 N–H and O–H groups in total. The van der Waals surface area contributed by atoms with Crippen LogP contribution in [0.25, 0.3) is 0 Å². The van der Waals surface area contributed by atoms with Gasteiger partial charge >= 0.3 is 6.09 Å². The fourth-order valence-electron chi connectivity index (χ4n) is 5.19. The molecule has 33 heavy (non-hydrogen) atoms. The van der Waals surface area contributed by atoms with Crippen molar-refractivity contribution in [1.29, 1.82) is 0 Å². The molecule has 2 amide bonds. The Morgan fingerprint density at radius 2 is 1.79 bits per heavy atom. The number of ether oxygens (including phenoxy) is 1. The average molecular weight is 461 g/mol. The normalized spacial score (nSPS) is 19.5. The van der Waals surface area contributed by atoms with Gasteiger partial charge in [-0.05, 0) is 81.9 Å². The molecular weight excluding hydrogens is 419 g/mol. The van der Waals surface area contributed by atoms with Gasteiger partial charge in [-0.1, -0.05) is 32.3 Å². The van der Waals surface area contributed by atoms with Gasteiger partial charge in [-0.25, -0.2) is 9.18 Å². The highest BCUT2D eigenvalue weighted by Gasteiger charge is 2.45. The van der Waals surface area contributed by atoms with E-state index in [1.54, 1.807) is 24.0 Å². The highest BCUT2D eigenvalue weighted by molar-refractivity contribution is 5.95. The molecule has 0 unspecified atom stereocenters. The number of likely N-dealkylation sites (tertiary alicyclic amines) is 2. The van der Waals surface area contributed by atoms with E-state index in [1.165, 1.54) is 51.0 Å². The van der Waals surface area contributed by atoms with E-state index in [2.05, 4.69) is 6.92 Å². The summed E-state index contributed by atoms with van der Waals surface area (Å²) in [7, 11) is 0. The Morgan fingerprint density at radius 1 is 1.12 bits per heavy atom. The number of unbranched alkanes of at least 4 members (excludes halogenated alkanes) is 1. The van der Waals surface area contributed by atoms with Crippen molar-refractivity contribution in [3.05, 3.63) is 35.1 Å². The monoisotopic (exact) mass is 460 g/mol. The number of amides is 2. The van der Waals surface area contributed by atoms with Gasteiger partial charge < -0.3 is 14.5 Å². The summed E-state index contributed by atoms with van der Waals surface area (Å²) < 4.78 is 18.6. The minimum Gasteiger partial charge on any atom is -0.447 e. The number of hydrogen-bond donors (Lipinski definition) is 0. The second-order valence-corrected chi connectivity index (χ2v) is 10.5. The molecule has 5 nitrogen and oxygen atoms in total. The molecule has 0 radical (unpaired) electrons. The quantitative estimate of drug-likeness (QED) is 0.526. The summed E-state index contributed by atoms with van der Waals surface area (Å²) in [5.41, 5.74) is 1.60. The molecule has 184 valence electrons. The summed E-state index contributed by atoms with van der Waals surface area (Å²) in [6.45, 7) is 11.2. The Bertz CT molecular complexity index is 806. The number of carbonyl (C=O) groups excluding carboxylic acids is 2. The lowest BCUT2D eigenvalue weighted by Crippen LogP contribution is -2.49. The molecule has 2 heterocycles. The molecule has 0 bridgehead atoms. The van der Waals surface area contributed by atoms with Crippen LogP contribution >= 0.6 is 0 Å². The molecule has 1 aromatic carbocycles. The molecule has 0 aromatic heterocycles. The van der Waals surface area contributed by atoms with Gasteiger partial charge in [0, 0.05) is 26.2 Å². The summed E-state index contributed by atoms with van der Waals surface area (Å²) in [6.07, 6.45) is 10.2. The van der Waals surface area contributed by atoms with Crippen molar-refractivity contribution in [3.8, 4) is 0 Å². The molecule has 1 saturated carbocycles. The zero-order chi connectivity index (χ0) is 24.0. The van der Waals surface area contributed by atoms with Gasteiger partial charge in [0.1, 0.15) is 5.82 Å². The van der Waals surface area contributed by atoms with Crippen LogP contribution in [0, 0.1) is 24.1 Å². The third kappa shape index (κ3) is 6.70. The van der Waals surface area contributed by atoms with Crippen molar-refractivity contribution in [2.45, 2.75) is 85.2 Å². The van der Waals surface area contributed by atoms with Crippen LogP contribution in [-0.4, -0.2) is 54.1 Å². The fraction of sp³-hybridized carbons (Fsp3) is 0.704. The van der Waals surface area contributed by atoms with Crippen molar-refractivity contribution in [2.75, 3.05) is 26.2 Å². The number of aryl methyl sites for hydroxylation is 1. The molecule has 3 aliphatic rings. The van der Waals surface area contributed by atoms with Crippen molar-refractivity contribution in [1.82, 2.24) is 9.80 Å². The van der Waals surface area contributed by atoms with Crippen molar-refractivity contribution in [2.24, 2.45) is 11.3 Å². The summed E-state index contributed by atoms with van der Waals surface area (Å²) in [6, 6.07) is 4.72. The van der Waals surface area contributed by atoms with Gasteiger partial charge in [0.05, 0.1) is 11.7 Å². The van der Waals surface area contributed by atoms with Crippen LogP contribution in [0.2, 0.25) is 0 Å². The molecule has 3 fully saturated rings. The number of benzene rings is 1. The lowest BCUT2D eigenvalue weighted by atomic mass is 9.56. The Hall–Kier alpha value is -2.11. The van der Waals surface area contributed by atoms with E-state index in [0.717, 1.165) is 44.1 Å². The summed E-state index contributed by atoms with van der Waals surface area (Å²) in [4.78, 5) is 27.0.